The number of hydrogen-bond donors (Lipinski definition) is 1. The molecule has 3 nitrogen and oxygen atoms in total. The molecule has 0 aromatic rings. The highest BCUT2D eigenvalue weighted by molar-refractivity contribution is 7.95. The van der Waals surface area contributed by atoms with Crippen molar-refractivity contribution < 1.29 is 0 Å². The monoisotopic (exact) mass is 316 g/mol. The lowest BCUT2D eigenvalue weighted by atomic mass is 9.91. The Morgan fingerprint density at radius 1 is 1.68 bits per heavy atom. The van der Waals surface area contributed by atoms with Gasteiger partial charge in [0.05, 0.1) is 0 Å². The number of allylic oxidation sites excluding steroid dienone is 3. The van der Waals surface area contributed by atoms with E-state index in [4.69, 9.17) is 6.42 Å². The quantitative estimate of drug-likeness (QED) is 0.434. The fourth-order valence-electron chi connectivity index (χ4n) is 2.17. The van der Waals surface area contributed by atoms with Gasteiger partial charge in [0.2, 0.25) is 0 Å². The van der Waals surface area contributed by atoms with Crippen molar-refractivity contribution in [2.75, 3.05) is 13.6 Å². The lowest BCUT2D eigenvalue weighted by molar-refractivity contribution is 0.570. The van der Waals surface area contributed by atoms with E-state index in [9.17, 15) is 0 Å². The lowest BCUT2D eigenvalue weighted by Crippen LogP contribution is -2.27. The SMILES string of the molecule is C#CC(/C=C(\C)C1C#[N+]CC=CN1SNC)C(C)/C=C\CC. The summed E-state index contributed by atoms with van der Waals surface area (Å²) >= 11 is 1.53. The lowest BCUT2D eigenvalue weighted by Gasteiger charge is -2.23. The van der Waals surface area contributed by atoms with Crippen LogP contribution in [-0.2, 0) is 0 Å². The van der Waals surface area contributed by atoms with Gasteiger partial charge in [0.25, 0.3) is 6.54 Å². The third kappa shape index (κ3) is 5.64. The molecule has 0 radical (unpaired) electrons. The zero-order valence-electron chi connectivity index (χ0n) is 13.9. The van der Waals surface area contributed by atoms with Crippen molar-refractivity contribution in [3.63, 3.8) is 0 Å². The summed E-state index contributed by atoms with van der Waals surface area (Å²) in [6, 6.07) is 3.20. The van der Waals surface area contributed by atoms with Crippen LogP contribution in [0.3, 0.4) is 0 Å². The number of terminal acetylenes is 1. The van der Waals surface area contributed by atoms with Crippen LogP contribution in [0.25, 0.3) is 4.85 Å². The van der Waals surface area contributed by atoms with Gasteiger partial charge in [-0.2, -0.15) is 0 Å². The summed E-state index contributed by atoms with van der Waals surface area (Å²) in [7, 11) is 1.90. The Morgan fingerprint density at radius 3 is 3.09 bits per heavy atom. The molecule has 0 saturated carbocycles. The summed E-state index contributed by atoms with van der Waals surface area (Å²) in [6.07, 6.45) is 17.4. The Labute approximate surface area is 139 Å². The summed E-state index contributed by atoms with van der Waals surface area (Å²) in [6.45, 7) is 7.05. The van der Waals surface area contributed by atoms with Crippen LogP contribution in [0.1, 0.15) is 27.2 Å². The van der Waals surface area contributed by atoms with Crippen LogP contribution in [0.2, 0.25) is 0 Å². The van der Waals surface area contributed by atoms with E-state index in [-0.39, 0.29) is 12.0 Å². The minimum absolute atomic E-state index is 0.00518. The third-order valence-corrected chi connectivity index (χ3v) is 4.15. The topological polar surface area (TPSA) is 19.6 Å². The molecule has 4 heteroatoms. The number of hydrogen-bond acceptors (Lipinski definition) is 3. The highest BCUT2D eigenvalue weighted by Crippen LogP contribution is 2.23. The maximum absolute atomic E-state index is 5.73. The van der Waals surface area contributed by atoms with Crippen LogP contribution in [0.4, 0.5) is 0 Å². The summed E-state index contributed by atoms with van der Waals surface area (Å²) < 4.78 is 5.20. The average molecular weight is 316 g/mol. The van der Waals surface area contributed by atoms with Crippen molar-refractivity contribution in [1.82, 2.24) is 9.03 Å². The van der Waals surface area contributed by atoms with Gasteiger partial charge in [0.1, 0.15) is 0 Å². The number of nitrogens with zero attached hydrogens (tertiary/aromatic N) is 2. The maximum Gasteiger partial charge on any atom is 0.304 e. The molecule has 0 fully saturated rings. The summed E-state index contributed by atoms with van der Waals surface area (Å²) in [5, 5.41) is 0. The second kappa shape index (κ2) is 10.2. The molecule has 0 spiro atoms. The van der Waals surface area contributed by atoms with Crippen molar-refractivity contribution in [2.24, 2.45) is 11.8 Å². The smallest absolute Gasteiger partial charge is 0.285 e. The minimum atomic E-state index is -0.00518. The van der Waals surface area contributed by atoms with Gasteiger partial charge in [-0.3, -0.25) is 4.31 Å². The molecule has 1 aliphatic rings. The first-order valence-electron chi connectivity index (χ1n) is 7.65. The van der Waals surface area contributed by atoms with E-state index < -0.39 is 0 Å². The van der Waals surface area contributed by atoms with Gasteiger partial charge >= 0.3 is 6.07 Å². The first kappa shape index (κ1) is 18.4. The van der Waals surface area contributed by atoms with Gasteiger partial charge in [0.15, 0.2) is 6.04 Å². The second-order valence-electron chi connectivity index (χ2n) is 5.21. The molecule has 1 aliphatic heterocycles. The van der Waals surface area contributed by atoms with Gasteiger partial charge < -0.3 is 0 Å². The van der Waals surface area contributed by atoms with Gasteiger partial charge in [-0.25, -0.2) is 4.72 Å². The molecule has 118 valence electrons. The van der Waals surface area contributed by atoms with Crippen molar-refractivity contribution in [2.45, 2.75) is 33.2 Å². The molecule has 3 unspecified atom stereocenters. The van der Waals surface area contributed by atoms with E-state index >= 15 is 0 Å². The largest absolute Gasteiger partial charge is 0.304 e. The molecule has 1 N–H and O–H groups in total. The van der Waals surface area contributed by atoms with Crippen LogP contribution in [-0.4, -0.2) is 23.9 Å². The normalized spacial score (nSPS) is 21.0. The zero-order chi connectivity index (χ0) is 16.4. The molecule has 0 bridgehead atoms. The molecule has 0 amide bonds. The first-order valence-corrected chi connectivity index (χ1v) is 8.43. The van der Waals surface area contributed by atoms with Crippen molar-refractivity contribution >= 4 is 12.1 Å². The van der Waals surface area contributed by atoms with E-state index in [1.165, 1.54) is 12.1 Å². The van der Waals surface area contributed by atoms with Crippen LogP contribution in [0, 0.1) is 30.2 Å². The Hall–Kier alpha value is -1.62. The highest BCUT2D eigenvalue weighted by atomic mass is 32.2. The van der Waals surface area contributed by atoms with Crippen LogP contribution in [0.15, 0.2) is 36.1 Å². The fourth-order valence-corrected chi connectivity index (χ4v) is 2.85. The molecular weight excluding hydrogens is 290 g/mol. The Kier molecular flexibility index (Phi) is 8.51. The van der Waals surface area contributed by atoms with Crippen molar-refractivity contribution in [3.8, 4) is 18.4 Å². The number of nitrogens with one attached hydrogen (secondary N) is 1. The van der Waals surface area contributed by atoms with E-state index in [1.807, 2.05) is 19.3 Å². The zero-order valence-corrected chi connectivity index (χ0v) is 14.7. The minimum Gasteiger partial charge on any atom is -0.285 e. The molecule has 22 heavy (non-hydrogen) atoms. The van der Waals surface area contributed by atoms with Crippen molar-refractivity contribution in [3.05, 3.63) is 40.9 Å². The summed E-state index contributed by atoms with van der Waals surface area (Å²) in [4.78, 5) is 4.31. The summed E-state index contributed by atoms with van der Waals surface area (Å²) in [5.41, 5.74) is 1.16. The summed E-state index contributed by atoms with van der Waals surface area (Å²) in [5.74, 6) is 3.30. The standard InChI is InChI=1S/C18H26N3S/c1-6-8-10-15(3)17(7-2)13-16(4)18-14-20-11-9-12-21(18)22-19-5/h2,8-10,12-13,15,17-19H,6,11H2,1,3-5H3/q+1/b10-8-,16-13+. The second-order valence-corrected chi connectivity index (χ2v) is 6.22. The fraction of sp³-hybridized carbons (Fsp3) is 0.500. The predicted octanol–water partition coefficient (Wildman–Crippen LogP) is 4.10. The van der Waals surface area contributed by atoms with E-state index in [2.05, 4.69) is 64.9 Å². The molecule has 0 aliphatic carbocycles. The van der Waals surface area contributed by atoms with Gasteiger partial charge in [0, 0.05) is 30.3 Å². The van der Waals surface area contributed by atoms with Crippen LogP contribution >= 0.6 is 12.1 Å². The van der Waals surface area contributed by atoms with Crippen LogP contribution < -0.4 is 4.72 Å². The highest BCUT2D eigenvalue weighted by Gasteiger charge is 2.24. The third-order valence-electron chi connectivity index (χ3n) is 3.42. The molecule has 0 saturated heterocycles. The molecule has 3 atom stereocenters. The molecule has 0 aromatic carbocycles. The van der Waals surface area contributed by atoms with Gasteiger partial charge in [-0.15, -0.1) is 6.42 Å². The molecule has 1 heterocycles. The van der Waals surface area contributed by atoms with E-state index in [0.29, 0.717) is 12.5 Å². The van der Waals surface area contributed by atoms with E-state index in [0.717, 1.165) is 12.0 Å². The maximum atomic E-state index is 5.73. The molecule has 0 aromatic heterocycles. The molecule has 1 rings (SSSR count). The number of rotatable bonds is 7. The first-order chi connectivity index (χ1) is 10.6. The predicted molar refractivity (Wildman–Crippen MR) is 98.2 cm³/mol. The van der Waals surface area contributed by atoms with Crippen molar-refractivity contribution in [1.29, 1.82) is 0 Å². The Balaban J connectivity index is 2.95. The van der Waals surface area contributed by atoms with Gasteiger partial charge in [-0.05, 0) is 31.9 Å². The van der Waals surface area contributed by atoms with E-state index in [1.54, 1.807) is 0 Å². The van der Waals surface area contributed by atoms with Crippen LogP contribution in [0.5, 0.6) is 0 Å². The van der Waals surface area contributed by atoms with Gasteiger partial charge in [-0.1, -0.05) is 42.8 Å². The Bertz CT molecular complexity index is 531. The average Bonchev–Trinajstić information content (AvgIpc) is 2.76. The Morgan fingerprint density at radius 2 is 2.45 bits per heavy atom. The molecular formula is C18H26N3S+.